The van der Waals surface area contributed by atoms with Gasteiger partial charge in [-0.1, -0.05) is 24.3 Å². The molecule has 5 heteroatoms. The predicted molar refractivity (Wildman–Crippen MR) is 107 cm³/mol. The Morgan fingerprint density at radius 1 is 0.962 bits per heavy atom. The number of rotatable bonds is 7. The fraction of sp³-hybridized carbons (Fsp3) is 0.333. The molecule has 138 valence electrons. The van der Waals surface area contributed by atoms with Gasteiger partial charge in [0.15, 0.2) is 0 Å². The van der Waals surface area contributed by atoms with Gasteiger partial charge in [0.2, 0.25) is 11.8 Å². The fourth-order valence-electron chi connectivity index (χ4n) is 2.75. The van der Waals surface area contributed by atoms with Gasteiger partial charge in [0.25, 0.3) is 0 Å². The number of benzene rings is 2. The second kappa shape index (κ2) is 9.04. The zero-order valence-electron chi connectivity index (χ0n) is 16.0. The lowest BCUT2D eigenvalue weighted by Gasteiger charge is -2.22. The van der Waals surface area contributed by atoms with Crippen LogP contribution in [0, 0.1) is 6.92 Å². The zero-order valence-corrected chi connectivity index (χ0v) is 16.0. The third-order valence-electron chi connectivity index (χ3n) is 4.33. The number of hydrogen-bond donors (Lipinski definition) is 1. The number of anilines is 2. The predicted octanol–water partition coefficient (Wildman–Crippen LogP) is 2.77. The largest absolute Gasteiger partial charge is 0.378 e. The van der Waals surface area contributed by atoms with Crippen molar-refractivity contribution in [2.45, 2.75) is 20.3 Å². The second-order valence-corrected chi connectivity index (χ2v) is 6.53. The lowest BCUT2D eigenvalue weighted by Crippen LogP contribution is -2.38. The number of carbonyl (C=O) groups excluding carboxylic acids is 2. The standard InChI is InChI=1S/C21H27N3O2/c1-16-7-5-6-8-18(16)15-21(26)22-13-14-24(17(2)25)20-11-9-19(10-12-20)23(3)4/h5-12H,13-15H2,1-4H3,(H,22,26). The first-order chi connectivity index (χ1) is 12.4. The van der Waals surface area contributed by atoms with Crippen molar-refractivity contribution in [3.05, 3.63) is 59.7 Å². The highest BCUT2D eigenvalue weighted by molar-refractivity contribution is 5.91. The Hall–Kier alpha value is -2.82. The Bertz CT molecular complexity index is 754. The van der Waals surface area contributed by atoms with Gasteiger partial charge in [-0.25, -0.2) is 0 Å². The summed E-state index contributed by atoms with van der Waals surface area (Å²) in [5.74, 6) is -0.0819. The summed E-state index contributed by atoms with van der Waals surface area (Å²) in [6.45, 7) is 4.39. The van der Waals surface area contributed by atoms with Crippen LogP contribution in [0.2, 0.25) is 0 Å². The van der Waals surface area contributed by atoms with Crippen LogP contribution in [0.5, 0.6) is 0 Å². The van der Waals surface area contributed by atoms with Crippen LogP contribution in [-0.2, 0) is 16.0 Å². The second-order valence-electron chi connectivity index (χ2n) is 6.53. The van der Waals surface area contributed by atoms with Crippen LogP contribution in [0.25, 0.3) is 0 Å². The highest BCUT2D eigenvalue weighted by Gasteiger charge is 2.12. The first-order valence-corrected chi connectivity index (χ1v) is 8.75. The van der Waals surface area contributed by atoms with Crippen LogP contribution in [0.4, 0.5) is 11.4 Å². The van der Waals surface area contributed by atoms with Crippen LogP contribution in [-0.4, -0.2) is 39.0 Å². The molecule has 2 aromatic carbocycles. The summed E-state index contributed by atoms with van der Waals surface area (Å²) in [5, 5.41) is 2.90. The molecule has 2 aromatic rings. The molecule has 5 nitrogen and oxygen atoms in total. The topological polar surface area (TPSA) is 52.7 Å². The van der Waals surface area contributed by atoms with Gasteiger partial charge in [0.05, 0.1) is 6.42 Å². The summed E-state index contributed by atoms with van der Waals surface area (Å²) < 4.78 is 0. The Balaban J connectivity index is 1.91. The third kappa shape index (κ3) is 5.34. The van der Waals surface area contributed by atoms with Crippen LogP contribution >= 0.6 is 0 Å². The van der Waals surface area contributed by atoms with Crippen molar-refractivity contribution in [3.8, 4) is 0 Å². The number of nitrogens with one attached hydrogen (secondary N) is 1. The van der Waals surface area contributed by atoms with Crippen molar-refractivity contribution in [1.82, 2.24) is 5.32 Å². The lowest BCUT2D eigenvalue weighted by atomic mass is 10.1. The van der Waals surface area contributed by atoms with Crippen LogP contribution in [0.1, 0.15) is 18.1 Å². The fourth-order valence-corrected chi connectivity index (χ4v) is 2.75. The van der Waals surface area contributed by atoms with Crippen LogP contribution < -0.4 is 15.1 Å². The summed E-state index contributed by atoms with van der Waals surface area (Å²) in [4.78, 5) is 27.8. The summed E-state index contributed by atoms with van der Waals surface area (Å²) in [6.07, 6.45) is 0.351. The zero-order chi connectivity index (χ0) is 19.1. The Kier molecular flexibility index (Phi) is 6.78. The first-order valence-electron chi connectivity index (χ1n) is 8.75. The van der Waals surface area contributed by atoms with E-state index in [0.29, 0.717) is 19.5 Å². The molecule has 0 aliphatic carbocycles. The SMILES string of the molecule is CC(=O)N(CCNC(=O)Cc1ccccc1C)c1ccc(N(C)C)cc1. The number of nitrogens with zero attached hydrogens (tertiary/aromatic N) is 2. The first kappa shape index (κ1) is 19.5. The average molecular weight is 353 g/mol. The minimum Gasteiger partial charge on any atom is -0.378 e. The van der Waals surface area contributed by atoms with E-state index in [4.69, 9.17) is 0 Å². The monoisotopic (exact) mass is 353 g/mol. The number of carbonyl (C=O) groups is 2. The van der Waals surface area contributed by atoms with Crippen molar-refractivity contribution in [2.75, 3.05) is 37.0 Å². The Labute approximate surface area is 155 Å². The van der Waals surface area contributed by atoms with Crippen molar-refractivity contribution in [1.29, 1.82) is 0 Å². The molecule has 0 fully saturated rings. The molecule has 2 rings (SSSR count). The molecule has 2 amide bonds. The van der Waals surface area contributed by atoms with E-state index in [9.17, 15) is 9.59 Å². The Morgan fingerprint density at radius 2 is 1.58 bits per heavy atom. The van der Waals surface area contributed by atoms with E-state index in [1.807, 2.05) is 74.4 Å². The van der Waals surface area contributed by atoms with E-state index >= 15 is 0 Å². The molecule has 0 heterocycles. The number of hydrogen-bond acceptors (Lipinski definition) is 3. The van der Waals surface area contributed by atoms with E-state index in [1.165, 1.54) is 6.92 Å². The minimum atomic E-state index is -0.0456. The van der Waals surface area contributed by atoms with Gasteiger partial charge in [-0.15, -0.1) is 0 Å². The maximum Gasteiger partial charge on any atom is 0.224 e. The van der Waals surface area contributed by atoms with Gasteiger partial charge in [0, 0.05) is 45.5 Å². The molecule has 0 saturated heterocycles. The molecule has 0 spiro atoms. The highest BCUT2D eigenvalue weighted by atomic mass is 16.2. The molecule has 0 bridgehead atoms. The smallest absolute Gasteiger partial charge is 0.224 e. The molecule has 1 N–H and O–H groups in total. The third-order valence-corrected chi connectivity index (χ3v) is 4.33. The minimum absolute atomic E-state index is 0.0363. The average Bonchev–Trinajstić information content (AvgIpc) is 2.60. The van der Waals surface area contributed by atoms with Gasteiger partial charge >= 0.3 is 0 Å². The van der Waals surface area contributed by atoms with E-state index in [-0.39, 0.29) is 11.8 Å². The molecule has 0 aromatic heterocycles. The van der Waals surface area contributed by atoms with E-state index < -0.39 is 0 Å². The molecule has 0 atom stereocenters. The van der Waals surface area contributed by atoms with Crippen LogP contribution in [0.15, 0.2) is 48.5 Å². The van der Waals surface area contributed by atoms with E-state index in [2.05, 4.69) is 5.32 Å². The lowest BCUT2D eigenvalue weighted by molar-refractivity contribution is -0.121. The molecule has 0 unspecified atom stereocenters. The highest BCUT2D eigenvalue weighted by Crippen LogP contribution is 2.19. The molecule has 0 saturated carbocycles. The quantitative estimate of drug-likeness (QED) is 0.833. The van der Waals surface area contributed by atoms with Gasteiger partial charge < -0.3 is 15.1 Å². The van der Waals surface area contributed by atoms with Crippen molar-refractivity contribution in [3.63, 3.8) is 0 Å². The number of aryl methyl sites for hydroxylation is 1. The number of amides is 2. The van der Waals surface area contributed by atoms with Crippen molar-refractivity contribution >= 4 is 23.2 Å². The van der Waals surface area contributed by atoms with E-state index in [0.717, 1.165) is 22.5 Å². The summed E-state index contributed by atoms with van der Waals surface area (Å²) in [5.41, 5.74) is 4.03. The Morgan fingerprint density at radius 3 is 2.15 bits per heavy atom. The molecule has 0 aliphatic heterocycles. The summed E-state index contributed by atoms with van der Waals surface area (Å²) >= 11 is 0. The molecule has 0 aliphatic rings. The maximum atomic E-state index is 12.2. The summed E-state index contributed by atoms with van der Waals surface area (Å²) in [7, 11) is 3.95. The summed E-state index contributed by atoms with van der Waals surface area (Å²) in [6, 6.07) is 15.6. The van der Waals surface area contributed by atoms with Crippen LogP contribution in [0.3, 0.4) is 0 Å². The maximum absolute atomic E-state index is 12.2. The molecular weight excluding hydrogens is 326 g/mol. The normalized spacial score (nSPS) is 10.3. The van der Waals surface area contributed by atoms with Crippen molar-refractivity contribution < 1.29 is 9.59 Å². The van der Waals surface area contributed by atoms with Gasteiger partial charge in [0.1, 0.15) is 0 Å². The molecule has 0 radical (unpaired) electrons. The van der Waals surface area contributed by atoms with Gasteiger partial charge in [-0.2, -0.15) is 0 Å². The van der Waals surface area contributed by atoms with Gasteiger partial charge in [-0.3, -0.25) is 9.59 Å². The molecule has 26 heavy (non-hydrogen) atoms. The molecular formula is C21H27N3O2. The van der Waals surface area contributed by atoms with Gasteiger partial charge in [-0.05, 0) is 42.3 Å². The van der Waals surface area contributed by atoms with E-state index in [1.54, 1.807) is 4.90 Å². The van der Waals surface area contributed by atoms with Crippen molar-refractivity contribution in [2.24, 2.45) is 0 Å².